The molecular weight excluding hydrogens is 502 g/mol. The Labute approximate surface area is 240 Å². The first-order valence-electron chi connectivity index (χ1n) is 14.8. The fourth-order valence-electron chi connectivity index (χ4n) is 5.20. The topological polar surface area (TPSA) is 93.4 Å². The molecule has 220 valence electrons. The minimum absolute atomic E-state index is 0.0786. The van der Waals surface area contributed by atoms with Crippen LogP contribution < -0.4 is 0 Å². The Morgan fingerprint density at radius 3 is 2.10 bits per heavy atom. The van der Waals surface area contributed by atoms with Crippen molar-refractivity contribution < 1.29 is 9.53 Å². The summed E-state index contributed by atoms with van der Waals surface area (Å²) in [4.78, 5) is 35.1. The summed E-state index contributed by atoms with van der Waals surface area (Å²) in [5.41, 5.74) is 2.53. The first-order valence-corrected chi connectivity index (χ1v) is 14.8. The summed E-state index contributed by atoms with van der Waals surface area (Å²) >= 11 is 0. The lowest BCUT2D eigenvalue weighted by Crippen LogP contribution is -2.43. The Morgan fingerprint density at radius 2 is 1.52 bits per heavy atom. The van der Waals surface area contributed by atoms with Crippen LogP contribution >= 0.6 is 0 Å². The predicted molar refractivity (Wildman–Crippen MR) is 159 cm³/mol. The number of rotatable bonds is 19. The van der Waals surface area contributed by atoms with Crippen molar-refractivity contribution in [2.75, 3.05) is 33.3 Å². The minimum Gasteiger partial charge on any atom is -0.465 e. The van der Waals surface area contributed by atoms with Crippen molar-refractivity contribution in [1.29, 1.82) is 0 Å². The number of H-pyrrole nitrogens is 2. The van der Waals surface area contributed by atoms with E-state index in [9.17, 15) is 4.79 Å². The Bertz CT molecular complexity index is 1060. The van der Waals surface area contributed by atoms with Gasteiger partial charge in [0, 0.05) is 37.9 Å². The molecule has 3 aromatic rings. The van der Waals surface area contributed by atoms with Crippen LogP contribution in [0.4, 0.5) is 0 Å². The third-order valence-electron chi connectivity index (χ3n) is 7.27. The quantitative estimate of drug-likeness (QED) is 0.199. The molecule has 0 amide bonds. The molecule has 0 spiro atoms. The van der Waals surface area contributed by atoms with Crippen LogP contribution in [-0.2, 0) is 29.2 Å². The van der Waals surface area contributed by atoms with Gasteiger partial charge in [-0.25, -0.2) is 9.97 Å². The molecule has 0 fully saturated rings. The molecule has 40 heavy (non-hydrogen) atoms. The van der Waals surface area contributed by atoms with E-state index in [1.165, 1.54) is 11.1 Å². The smallest absolute Gasteiger partial charge is 0.323 e. The van der Waals surface area contributed by atoms with Gasteiger partial charge >= 0.3 is 5.97 Å². The molecule has 2 heterocycles. The number of carbonyl (C=O) groups is 1. The maximum Gasteiger partial charge on any atom is 0.323 e. The second kappa shape index (κ2) is 16.9. The van der Waals surface area contributed by atoms with Crippen molar-refractivity contribution in [3.05, 3.63) is 71.8 Å². The first kappa shape index (κ1) is 31.5. The number of hydrogen-bond acceptors (Lipinski definition) is 7. The molecule has 0 aliphatic carbocycles. The van der Waals surface area contributed by atoms with Crippen LogP contribution in [0.1, 0.15) is 82.2 Å². The zero-order valence-electron chi connectivity index (χ0n) is 25.1. The standard InChI is InChI=1S/C31H49N7O2/c1-6-19-37(20-7-2)28(31(39)40-8-3)10-9-21-36(5)22-26-11-13-27(14-12-26)23-38(24-29-32-15-16-33-29)25(4)30-34-17-18-35-30/h11-18,25,28H,6-10,19-24H2,1-5H3,(H,32,33)(H,34,35)/t25?,28-/m0/s1. The van der Waals surface area contributed by atoms with E-state index in [2.05, 4.69) is 86.7 Å². The van der Waals surface area contributed by atoms with E-state index < -0.39 is 0 Å². The van der Waals surface area contributed by atoms with Gasteiger partial charge in [-0.1, -0.05) is 38.1 Å². The largest absolute Gasteiger partial charge is 0.465 e. The Balaban J connectivity index is 1.54. The van der Waals surface area contributed by atoms with Gasteiger partial charge in [0.05, 0.1) is 19.2 Å². The zero-order valence-corrected chi connectivity index (χ0v) is 25.1. The second-order valence-corrected chi connectivity index (χ2v) is 10.6. The highest BCUT2D eigenvalue weighted by Crippen LogP contribution is 2.22. The van der Waals surface area contributed by atoms with Gasteiger partial charge in [-0.15, -0.1) is 0 Å². The first-order chi connectivity index (χ1) is 19.4. The average molecular weight is 552 g/mol. The van der Waals surface area contributed by atoms with Gasteiger partial charge in [0.1, 0.15) is 17.7 Å². The third kappa shape index (κ3) is 9.87. The number of benzene rings is 1. The molecule has 0 saturated carbocycles. The van der Waals surface area contributed by atoms with Crippen molar-refractivity contribution in [3.8, 4) is 0 Å². The molecule has 0 aliphatic rings. The van der Waals surface area contributed by atoms with Crippen LogP contribution in [0.5, 0.6) is 0 Å². The number of nitrogens with zero attached hydrogens (tertiary/aromatic N) is 5. The van der Waals surface area contributed by atoms with E-state index >= 15 is 0 Å². The Morgan fingerprint density at radius 1 is 0.875 bits per heavy atom. The summed E-state index contributed by atoms with van der Waals surface area (Å²) in [6.07, 6.45) is 11.2. The third-order valence-corrected chi connectivity index (χ3v) is 7.27. The van der Waals surface area contributed by atoms with Crippen LogP contribution in [0.2, 0.25) is 0 Å². The molecule has 0 aliphatic heterocycles. The molecule has 9 heteroatoms. The molecule has 9 nitrogen and oxygen atoms in total. The van der Waals surface area contributed by atoms with Crippen LogP contribution in [0.3, 0.4) is 0 Å². The number of carbonyl (C=O) groups excluding carboxylic acids is 1. The molecule has 1 unspecified atom stereocenters. The summed E-state index contributed by atoms with van der Waals surface area (Å²) in [6.45, 7) is 14.0. The summed E-state index contributed by atoms with van der Waals surface area (Å²) in [5.74, 6) is 1.81. The van der Waals surface area contributed by atoms with Crippen LogP contribution in [0, 0.1) is 0 Å². The molecule has 2 N–H and O–H groups in total. The predicted octanol–water partition coefficient (Wildman–Crippen LogP) is 5.16. The van der Waals surface area contributed by atoms with Gasteiger partial charge in [0.15, 0.2) is 0 Å². The van der Waals surface area contributed by atoms with E-state index in [0.717, 1.165) is 70.1 Å². The number of hydrogen-bond donors (Lipinski definition) is 2. The van der Waals surface area contributed by atoms with Gasteiger partial charge in [0.2, 0.25) is 0 Å². The number of aromatic nitrogens is 4. The van der Waals surface area contributed by atoms with Crippen LogP contribution in [0.25, 0.3) is 0 Å². The van der Waals surface area contributed by atoms with Gasteiger partial charge in [0.25, 0.3) is 0 Å². The molecule has 2 atom stereocenters. The molecule has 1 aromatic carbocycles. The van der Waals surface area contributed by atoms with Crippen molar-refractivity contribution in [1.82, 2.24) is 34.6 Å². The van der Waals surface area contributed by atoms with Gasteiger partial charge < -0.3 is 19.6 Å². The molecule has 0 bridgehead atoms. The van der Waals surface area contributed by atoms with Crippen molar-refractivity contribution in [3.63, 3.8) is 0 Å². The zero-order chi connectivity index (χ0) is 28.7. The number of ether oxygens (including phenoxy) is 1. The van der Waals surface area contributed by atoms with Crippen LogP contribution in [0.15, 0.2) is 49.1 Å². The SMILES string of the molecule is CCCN(CCC)[C@@H](CCCN(C)Cc1ccc(CN(Cc2ncc[nH]2)C(C)c2ncc[nH]2)cc1)C(=O)OCC. The van der Waals surface area contributed by atoms with E-state index in [4.69, 9.17) is 4.74 Å². The molecule has 0 saturated heterocycles. The summed E-state index contributed by atoms with van der Waals surface area (Å²) in [6, 6.07) is 8.85. The van der Waals surface area contributed by atoms with Gasteiger partial charge in [-0.05, 0) is 77.3 Å². The lowest BCUT2D eigenvalue weighted by molar-refractivity contribution is -0.150. The van der Waals surface area contributed by atoms with E-state index in [0.29, 0.717) is 13.2 Å². The molecule has 0 radical (unpaired) electrons. The Hall–Kier alpha value is -3.01. The number of esters is 1. The maximum absolute atomic E-state index is 12.7. The minimum atomic E-state index is -0.153. The highest BCUT2D eigenvalue weighted by molar-refractivity contribution is 5.75. The summed E-state index contributed by atoms with van der Waals surface area (Å²) in [7, 11) is 2.15. The summed E-state index contributed by atoms with van der Waals surface area (Å²) in [5, 5.41) is 0. The number of aromatic amines is 2. The van der Waals surface area contributed by atoms with E-state index in [1.54, 1.807) is 12.4 Å². The average Bonchev–Trinajstić information content (AvgIpc) is 3.66. The monoisotopic (exact) mass is 551 g/mol. The van der Waals surface area contributed by atoms with Crippen LogP contribution in [-0.4, -0.2) is 79.9 Å². The van der Waals surface area contributed by atoms with E-state index in [1.807, 2.05) is 19.3 Å². The molecule has 3 rings (SSSR count). The van der Waals surface area contributed by atoms with Crippen molar-refractivity contribution >= 4 is 5.97 Å². The fraction of sp³-hybridized carbons (Fsp3) is 0.581. The van der Waals surface area contributed by atoms with Gasteiger partial charge in [-0.3, -0.25) is 14.6 Å². The lowest BCUT2D eigenvalue weighted by Gasteiger charge is -2.30. The summed E-state index contributed by atoms with van der Waals surface area (Å²) < 4.78 is 5.43. The normalized spacial score (nSPS) is 13.3. The highest BCUT2D eigenvalue weighted by Gasteiger charge is 2.26. The van der Waals surface area contributed by atoms with Crippen molar-refractivity contribution in [2.45, 2.75) is 85.1 Å². The fourth-order valence-corrected chi connectivity index (χ4v) is 5.20. The highest BCUT2D eigenvalue weighted by atomic mass is 16.5. The lowest BCUT2D eigenvalue weighted by atomic mass is 10.1. The number of imidazole rings is 2. The second-order valence-electron chi connectivity index (χ2n) is 10.6. The maximum atomic E-state index is 12.7. The molecular formula is C31H49N7O2. The molecule has 2 aromatic heterocycles. The van der Waals surface area contributed by atoms with E-state index in [-0.39, 0.29) is 18.1 Å². The number of nitrogens with one attached hydrogen (secondary N) is 2. The Kier molecular flexibility index (Phi) is 13.4. The van der Waals surface area contributed by atoms with Crippen molar-refractivity contribution in [2.24, 2.45) is 0 Å². The van der Waals surface area contributed by atoms with Gasteiger partial charge in [-0.2, -0.15) is 0 Å².